The number of nitrogens with one attached hydrogen (secondary N) is 1. The van der Waals surface area contributed by atoms with Gasteiger partial charge in [-0.25, -0.2) is 4.98 Å². The first kappa shape index (κ1) is 21.3. The number of thiocarbonyl (C=S) groups is 1. The molecule has 5 nitrogen and oxygen atoms in total. The van der Waals surface area contributed by atoms with E-state index in [-0.39, 0.29) is 12.1 Å². The van der Waals surface area contributed by atoms with Crippen molar-refractivity contribution in [1.82, 2.24) is 19.9 Å². The molecule has 1 aliphatic rings. The maximum Gasteiger partial charge on any atom is 0.174 e. The minimum Gasteiger partial charge on any atom is -0.351 e. The highest BCUT2D eigenvalue weighted by molar-refractivity contribution is 7.80. The van der Waals surface area contributed by atoms with Crippen molar-refractivity contribution in [3.05, 3.63) is 107 Å². The van der Waals surface area contributed by atoms with Gasteiger partial charge < -0.3 is 14.8 Å². The van der Waals surface area contributed by atoms with Crippen LogP contribution in [0.25, 0.3) is 5.82 Å². The Labute approximate surface area is 200 Å². The van der Waals surface area contributed by atoms with Gasteiger partial charge in [0.05, 0.1) is 17.8 Å². The van der Waals surface area contributed by atoms with E-state index in [0.29, 0.717) is 5.11 Å². The van der Waals surface area contributed by atoms with Gasteiger partial charge in [0, 0.05) is 29.5 Å². The molecule has 5 rings (SSSR count). The van der Waals surface area contributed by atoms with E-state index in [9.17, 15) is 0 Å². The molecule has 0 saturated carbocycles. The van der Waals surface area contributed by atoms with Crippen LogP contribution >= 0.6 is 12.2 Å². The normalized spacial score (nSPS) is 17.9. The van der Waals surface area contributed by atoms with Gasteiger partial charge in [0.15, 0.2) is 5.11 Å². The van der Waals surface area contributed by atoms with Crippen LogP contribution in [0.2, 0.25) is 0 Å². The van der Waals surface area contributed by atoms with Gasteiger partial charge in [-0.15, -0.1) is 0 Å². The molecule has 0 radical (unpaired) electrons. The highest BCUT2D eigenvalue weighted by atomic mass is 32.1. The van der Waals surface area contributed by atoms with Crippen molar-refractivity contribution in [1.29, 1.82) is 0 Å². The largest absolute Gasteiger partial charge is 0.351 e. The summed E-state index contributed by atoms with van der Waals surface area (Å²) in [5.74, 6) is 0.932. The zero-order valence-electron chi connectivity index (χ0n) is 19.3. The monoisotopic (exact) mass is 453 g/mol. The van der Waals surface area contributed by atoms with Gasteiger partial charge in [0.25, 0.3) is 0 Å². The Bertz CT molecular complexity index is 1330. The Balaban J connectivity index is 1.69. The van der Waals surface area contributed by atoms with E-state index < -0.39 is 0 Å². The van der Waals surface area contributed by atoms with Crippen LogP contribution in [0.15, 0.2) is 73.1 Å². The number of rotatable bonds is 4. The summed E-state index contributed by atoms with van der Waals surface area (Å²) in [7, 11) is 0. The number of hydrogen-bond acceptors (Lipinski definition) is 3. The van der Waals surface area contributed by atoms with Gasteiger partial charge in [-0.2, -0.15) is 0 Å². The molecule has 1 aromatic carbocycles. The first-order valence-electron chi connectivity index (χ1n) is 11.1. The minimum absolute atomic E-state index is 0.0426. The molecule has 0 bridgehead atoms. The van der Waals surface area contributed by atoms with Crippen LogP contribution in [-0.4, -0.2) is 19.6 Å². The SMILES string of the molecule is Cc1cccc(N2C(=S)NC(c3ccccn3)C2c2cc(C)n(-c3cc(C)ccn3)c2C)c1. The lowest BCUT2D eigenvalue weighted by Gasteiger charge is -2.28. The molecule has 3 aromatic heterocycles. The van der Waals surface area contributed by atoms with Crippen LogP contribution in [0.4, 0.5) is 5.69 Å². The second-order valence-corrected chi connectivity index (χ2v) is 9.08. The summed E-state index contributed by atoms with van der Waals surface area (Å²) in [5.41, 5.74) is 7.94. The van der Waals surface area contributed by atoms with E-state index in [1.807, 2.05) is 30.6 Å². The summed E-state index contributed by atoms with van der Waals surface area (Å²) in [6.07, 6.45) is 3.71. The van der Waals surface area contributed by atoms with Crippen molar-refractivity contribution in [2.75, 3.05) is 4.90 Å². The number of anilines is 1. The number of pyridine rings is 2. The van der Waals surface area contributed by atoms with E-state index in [0.717, 1.165) is 28.6 Å². The van der Waals surface area contributed by atoms with Gasteiger partial charge in [-0.05, 0) is 99.1 Å². The van der Waals surface area contributed by atoms with Crippen LogP contribution in [0.3, 0.4) is 0 Å². The lowest BCUT2D eigenvalue weighted by atomic mass is 9.96. The predicted molar refractivity (Wildman–Crippen MR) is 137 cm³/mol. The quantitative estimate of drug-likeness (QED) is 0.403. The van der Waals surface area contributed by atoms with E-state index in [1.165, 1.54) is 16.7 Å². The Kier molecular flexibility index (Phi) is 5.46. The molecule has 1 N–H and O–H groups in total. The molecule has 166 valence electrons. The van der Waals surface area contributed by atoms with Gasteiger partial charge in [0.1, 0.15) is 5.82 Å². The van der Waals surface area contributed by atoms with Gasteiger partial charge >= 0.3 is 0 Å². The van der Waals surface area contributed by atoms with Crippen LogP contribution in [0.5, 0.6) is 0 Å². The third-order valence-electron chi connectivity index (χ3n) is 6.30. The second-order valence-electron chi connectivity index (χ2n) is 8.69. The molecule has 2 unspecified atom stereocenters. The maximum absolute atomic E-state index is 5.88. The number of aromatic nitrogens is 3. The molecule has 1 saturated heterocycles. The summed E-state index contributed by atoms with van der Waals surface area (Å²) in [5, 5.41) is 4.27. The highest BCUT2D eigenvalue weighted by Gasteiger charge is 2.42. The standard InChI is InChI=1S/C27H27N5S/c1-17-8-7-9-21(14-17)32-26(25(30-27(32)33)23-10-5-6-12-28-23)22-16-19(3)31(20(22)4)24-15-18(2)11-13-29-24/h5-16,25-26H,1-4H3,(H,30,33). The number of hydrogen-bond donors (Lipinski definition) is 1. The van der Waals surface area contributed by atoms with E-state index in [4.69, 9.17) is 12.2 Å². The zero-order valence-corrected chi connectivity index (χ0v) is 20.1. The molecule has 6 heteroatoms. The summed E-state index contributed by atoms with van der Waals surface area (Å²) >= 11 is 5.88. The van der Waals surface area contributed by atoms with Crippen LogP contribution < -0.4 is 10.2 Å². The Morgan fingerprint density at radius 3 is 2.39 bits per heavy atom. The van der Waals surface area contributed by atoms with Gasteiger partial charge in [-0.1, -0.05) is 18.2 Å². The van der Waals surface area contributed by atoms with Crippen LogP contribution in [0, 0.1) is 27.7 Å². The summed E-state index contributed by atoms with van der Waals surface area (Å²) in [6, 6.07) is 20.8. The summed E-state index contributed by atoms with van der Waals surface area (Å²) in [6.45, 7) is 8.50. The molecule has 1 fully saturated rings. The smallest absolute Gasteiger partial charge is 0.174 e. The first-order valence-corrected chi connectivity index (χ1v) is 11.5. The third kappa shape index (κ3) is 3.80. The molecule has 2 atom stereocenters. The Hall–Kier alpha value is -3.51. The van der Waals surface area contributed by atoms with Crippen molar-refractivity contribution in [3.63, 3.8) is 0 Å². The van der Waals surface area contributed by atoms with Crippen molar-refractivity contribution >= 4 is 23.0 Å². The van der Waals surface area contributed by atoms with Crippen molar-refractivity contribution in [2.45, 2.75) is 39.8 Å². The molecule has 0 spiro atoms. The average molecular weight is 454 g/mol. The maximum atomic E-state index is 5.88. The third-order valence-corrected chi connectivity index (χ3v) is 6.61. The molecule has 33 heavy (non-hydrogen) atoms. The molecular weight excluding hydrogens is 426 g/mol. The lowest BCUT2D eigenvalue weighted by molar-refractivity contribution is 0.565. The van der Waals surface area contributed by atoms with Gasteiger partial charge in [0.2, 0.25) is 0 Å². The number of aryl methyl sites for hydroxylation is 3. The fourth-order valence-electron chi connectivity index (χ4n) is 4.81. The van der Waals surface area contributed by atoms with Crippen LogP contribution in [0.1, 0.15) is 45.9 Å². The Morgan fingerprint density at radius 1 is 0.848 bits per heavy atom. The van der Waals surface area contributed by atoms with Crippen molar-refractivity contribution in [3.8, 4) is 5.82 Å². The number of benzene rings is 1. The Morgan fingerprint density at radius 2 is 1.67 bits per heavy atom. The van der Waals surface area contributed by atoms with Gasteiger partial charge in [-0.3, -0.25) is 4.98 Å². The predicted octanol–water partition coefficient (Wildman–Crippen LogP) is 5.68. The van der Waals surface area contributed by atoms with E-state index in [1.54, 1.807) is 0 Å². The number of nitrogens with zero attached hydrogens (tertiary/aromatic N) is 4. The average Bonchev–Trinajstić information content (AvgIpc) is 3.29. The fraction of sp³-hybridized carbons (Fsp3) is 0.222. The molecule has 4 heterocycles. The molecule has 0 aliphatic carbocycles. The molecule has 0 amide bonds. The fourth-order valence-corrected chi connectivity index (χ4v) is 5.15. The van der Waals surface area contributed by atoms with Crippen molar-refractivity contribution in [2.24, 2.45) is 0 Å². The summed E-state index contributed by atoms with van der Waals surface area (Å²) in [4.78, 5) is 11.6. The molecule has 4 aromatic rings. The highest BCUT2D eigenvalue weighted by Crippen LogP contribution is 2.43. The second kappa shape index (κ2) is 8.45. The van der Waals surface area contributed by atoms with Crippen molar-refractivity contribution < 1.29 is 0 Å². The molecular formula is C27H27N5S. The topological polar surface area (TPSA) is 46.0 Å². The first-order chi connectivity index (χ1) is 15.9. The minimum atomic E-state index is -0.0707. The lowest BCUT2D eigenvalue weighted by Crippen LogP contribution is -2.29. The van der Waals surface area contributed by atoms with E-state index >= 15 is 0 Å². The zero-order chi connectivity index (χ0) is 23.1. The molecule has 1 aliphatic heterocycles. The van der Waals surface area contributed by atoms with Crippen LogP contribution in [-0.2, 0) is 0 Å². The van der Waals surface area contributed by atoms with E-state index in [2.05, 4.69) is 94.9 Å². The summed E-state index contributed by atoms with van der Waals surface area (Å²) < 4.78 is 2.23.